The van der Waals surface area contributed by atoms with Crippen molar-refractivity contribution < 1.29 is 28.1 Å². The molecule has 1 saturated heterocycles. The Morgan fingerprint density at radius 1 is 1.12 bits per heavy atom. The van der Waals surface area contributed by atoms with Crippen LogP contribution in [-0.4, -0.2) is 36.6 Å². The number of fused-ring (bicyclic) bond motifs is 1. The topological polar surface area (TPSA) is 97.7 Å². The predicted octanol–water partition coefficient (Wildman–Crippen LogP) is 2.19. The van der Waals surface area contributed by atoms with Crippen molar-refractivity contribution in [2.75, 3.05) is 30.0 Å². The van der Waals surface area contributed by atoms with Crippen molar-refractivity contribution in [2.45, 2.75) is 6.54 Å². The molecular formula is C22H18F2N5O3+. The van der Waals surface area contributed by atoms with Crippen molar-refractivity contribution in [3.05, 3.63) is 65.5 Å². The summed E-state index contributed by atoms with van der Waals surface area (Å²) >= 11 is 0. The van der Waals surface area contributed by atoms with Gasteiger partial charge in [-0.1, -0.05) is 6.07 Å². The van der Waals surface area contributed by atoms with Gasteiger partial charge >= 0.3 is 0 Å². The number of pyridine rings is 2. The van der Waals surface area contributed by atoms with Gasteiger partial charge in [-0.2, -0.15) is 0 Å². The molecule has 32 heavy (non-hydrogen) atoms. The first-order chi connectivity index (χ1) is 15.5. The van der Waals surface area contributed by atoms with Crippen LogP contribution in [0.15, 0.2) is 42.6 Å². The molecule has 0 radical (unpaired) electrons. The third kappa shape index (κ3) is 3.54. The maximum atomic E-state index is 14.3. The number of morpholine rings is 1. The molecule has 0 bridgehead atoms. The number of amides is 2. The number of nitrogens with one attached hydrogen (secondary N) is 3. The number of rotatable bonds is 4. The lowest BCUT2D eigenvalue weighted by molar-refractivity contribution is -0.359. The van der Waals surface area contributed by atoms with Gasteiger partial charge in [-0.05, 0) is 18.2 Å². The van der Waals surface area contributed by atoms with Gasteiger partial charge in [0.1, 0.15) is 35.7 Å². The molecule has 0 saturated carbocycles. The largest absolute Gasteiger partial charge is 0.370 e. The summed E-state index contributed by atoms with van der Waals surface area (Å²) in [5, 5.41) is 5.78. The standard InChI is InChI=1S/C22H17F2N5O3/c23-13-2-1-3-14(24)20(13)15-8-16(21-17(27-15)10-26-22(21)31)28-18-5-4-12(9-25-18)29-6-7-32-11-19(29)30/h1-5,8-9H,6-7,10-11H2,(H,26,31)(H,25,27,28)/p+1. The maximum absolute atomic E-state index is 14.3. The van der Waals surface area contributed by atoms with Crippen LogP contribution in [0.1, 0.15) is 16.1 Å². The molecule has 2 aliphatic rings. The van der Waals surface area contributed by atoms with Crippen molar-refractivity contribution in [2.24, 2.45) is 0 Å². The first kappa shape index (κ1) is 20.0. The number of carbonyl (C=O) groups is 2. The van der Waals surface area contributed by atoms with E-state index in [0.29, 0.717) is 41.6 Å². The van der Waals surface area contributed by atoms with Crippen molar-refractivity contribution in [3.8, 4) is 11.3 Å². The lowest BCUT2D eigenvalue weighted by Gasteiger charge is -2.25. The first-order valence-corrected chi connectivity index (χ1v) is 9.94. The van der Waals surface area contributed by atoms with E-state index in [1.165, 1.54) is 12.1 Å². The normalized spacial score (nSPS) is 15.5. The van der Waals surface area contributed by atoms with Gasteiger partial charge in [-0.25, -0.2) is 24.1 Å². The molecule has 8 nitrogen and oxygen atoms in total. The minimum Gasteiger partial charge on any atom is -0.370 e. The Bertz CT molecular complexity index is 1210. The molecule has 2 aliphatic heterocycles. The van der Waals surface area contributed by atoms with E-state index in [-0.39, 0.29) is 36.2 Å². The van der Waals surface area contributed by atoms with E-state index in [1.54, 1.807) is 23.2 Å². The Kier molecular flexibility index (Phi) is 4.98. The molecule has 0 spiro atoms. The number of anilines is 3. The van der Waals surface area contributed by atoms with Crippen LogP contribution in [0.4, 0.5) is 26.0 Å². The van der Waals surface area contributed by atoms with Gasteiger partial charge in [0.25, 0.3) is 17.6 Å². The number of H-pyrrole nitrogens is 1. The number of halogens is 2. The van der Waals surface area contributed by atoms with Crippen LogP contribution in [0.5, 0.6) is 0 Å². The second-order valence-electron chi connectivity index (χ2n) is 7.34. The highest BCUT2D eigenvalue weighted by atomic mass is 19.1. The fourth-order valence-corrected chi connectivity index (χ4v) is 3.80. The van der Waals surface area contributed by atoms with Crippen LogP contribution in [0.25, 0.3) is 11.3 Å². The van der Waals surface area contributed by atoms with Gasteiger partial charge in [0.15, 0.2) is 0 Å². The molecule has 3 N–H and O–H groups in total. The Morgan fingerprint density at radius 3 is 2.66 bits per heavy atom. The third-order valence-electron chi connectivity index (χ3n) is 5.32. The molecular weight excluding hydrogens is 420 g/mol. The number of nitrogens with zero attached hydrogens (tertiary/aromatic N) is 2. The molecule has 4 heterocycles. The Hall–Kier alpha value is -3.92. The number of ether oxygens (including phenoxy) is 1. The van der Waals surface area contributed by atoms with E-state index in [1.807, 2.05) is 0 Å². The van der Waals surface area contributed by atoms with Gasteiger partial charge in [-0.15, -0.1) is 0 Å². The highest BCUT2D eigenvalue weighted by molar-refractivity contribution is 6.04. The van der Waals surface area contributed by atoms with E-state index < -0.39 is 11.6 Å². The van der Waals surface area contributed by atoms with Gasteiger partial charge in [-0.3, -0.25) is 9.59 Å². The van der Waals surface area contributed by atoms with Gasteiger partial charge in [0.05, 0.1) is 35.8 Å². The molecule has 2 aromatic heterocycles. The van der Waals surface area contributed by atoms with Crippen LogP contribution in [0, 0.1) is 11.6 Å². The molecule has 0 atom stereocenters. The monoisotopic (exact) mass is 438 g/mol. The molecule has 2 amide bonds. The van der Waals surface area contributed by atoms with Crippen LogP contribution in [0.3, 0.4) is 0 Å². The van der Waals surface area contributed by atoms with Crippen molar-refractivity contribution in [1.29, 1.82) is 0 Å². The maximum Gasteiger partial charge on any atom is 0.277 e. The molecule has 0 aliphatic carbocycles. The lowest BCUT2D eigenvalue weighted by atomic mass is 10.1. The summed E-state index contributed by atoms with van der Waals surface area (Å²) in [5.41, 5.74) is 1.56. The van der Waals surface area contributed by atoms with Crippen molar-refractivity contribution in [3.63, 3.8) is 0 Å². The highest BCUT2D eigenvalue weighted by Gasteiger charge is 2.29. The molecule has 5 rings (SSSR count). The fraction of sp³-hybridized carbons (Fsp3) is 0.182. The minimum absolute atomic E-state index is 0.0354. The van der Waals surface area contributed by atoms with Crippen molar-refractivity contribution >= 4 is 29.0 Å². The summed E-state index contributed by atoms with van der Waals surface area (Å²) < 4.78 is 33.8. The zero-order chi connectivity index (χ0) is 22.2. The zero-order valence-electron chi connectivity index (χ0n) is 16.7. The van der Waals surface area contributed by atoms with Crippen LogP contribution >= 0.6 is 0 Å². The van der Waals surface area contributed by atoms with E-state index in [0.717, 1.165) is 12.1 Å². The van der Waals surface area contributed by atoms with Crippen LogP contribution in [-0.2, 0) is 16.1 Å². The SMILES string of the molecule is O=C1NCc2nc(-c3c(F)cccc3F)cc(Nc3ccc(N4CCOCC4=O)c[nH+]3)c21. The molecule has 1 fully saturated rings. The minimum atomic E-state index is -0.744. The summed E-state index contributed by atoms with van der Waals surface area (Å²) in [5.74, 6) is -1.43. The number of hydrogen-bond acceptors (Lipinski definition) is 5. The zero-order valence-corrected chi connectivity index (χ0v) is 16.7. The second kappa shape index (κ2) is 7.97. The average Bonchev–Trinajstić information content (AvgIpc) is 3.16. The number of aromatic amines is 1. The number of hydrogen-bond donors (Lipinski definition) is 2. The van der Waals surface area contributed by atoms with Crippen LogP contribution in [0.2, 0.25) is 0 Å². The van der Waals surface area contributed by atoms with Gasteiger partial charge < -0.3 is 15.0 Å². The van der Waals surface area contributed by atoms with E-state index >= 15 is 0 Å². The molecule has 0 unspecified atom stereocenters. The van der Waals surface area contributed by atoms with E-state index in [2.05, 4.69) is 20.6 Å². The third-order valence-corrected chi connectivity index (χ3v) is 5.32. The quantitative estimate of drug-likeness (QED) is 0.651. The summed E-state index contributed by atoms with van der Waals surface area (Å²) in [6.45, 7) is 1.11. The predicted molar refractivity (Wildman–Crippen MR) is 110 cm³/mol. The van der Waals surface area contributed by atoms with Crippen molar-refractivity contribution in [1.82, 2.24) is 10.3 Å². The number of benzene rings is 1. The Morgan fingerprint density at radius 2 is 1.94 bits per heavy atom. The number of aromatic nitrogens is 2. The Balaban J connectivity index is 1.50. The van der Waals surface area contributed by atoms with E-state index in [9.17, 15) is 18.4 Å². The molecule has 3 aromatic rings. The average molecular weight is 438 g/mol. The fourth-order valence-electron chi connectivity index (χ4n) is 3.80. The summed E-state index contributed by atoms with van der Waals surface area (Å²) in [6, 6.07) is 8.49. The summed E-state index contributed by atoms with van der Waals surface area (Å²) in [6.07, 6.45) is 1.66. The highest BCUT2D eigenvalue weighted by Crippen LogP contribution is 2.32. The molecule has 1 aromatic carbocycles. The molecule has 162 valence electrons. The smallest absolute Gasteiger partial charge is 0.277 e. The summed E-state index contributed by atoms with van der Waals surface area (Å²) in [7, 11) is 0. The number of carbonyl (C=O) groups excluding carboxylic acids is 2. The lowest BCUT2D eigenvalue weighted by Crippen LogP contribution is -2.42. The van der Waals surface area contributed by atoms with Gasteiger partial charge in [0.2, 0.25) is 0 Å². The van der Waals surface area contributed by atoms with Gasteiger partial charge in [0, 0.05) is 18.7 Å². The first-order valence-electron chi connectivity index (χ1n) is 9.94. The summed E-state index contributed by atoms with van der Waals surface area (Å²) in [4.78, 5) is 33.3. The second-order valence-corrected chi connectivity index (χ2v) is 7.34. The van der Waals surface area contributed by atoms with E-state index in [4.69, 9.17) is 4.74 Å². The van der Waals surface area contributed by atoms with Crippen LogP contribution < -0.4 is 20.5 Å². The Labute approximate surface area is 181 Å². The molecule has 10 heteroatoms.